The first kappa shape index (κ1) is 22.4. The molecule has 8 heteroatoms. The van der Waals surface area contributed by atoms with E-state index < -0.39 is 4.92 Å². The second-order valence-electron chi connectivity index (χ2n) is 9.01. The van der Waals surface area contributed by atoms with Crippen LogP contribution in [-0.2, 0) is 17.6 Å². The van der Waals surface area contributed by atoms with Crippen LogP contribution in [0.4, 0.5) is 5.69 Å². The predicted octanol–water partition coefficient (Wildman–Crippen LogP) is 5.85. The van der Waals surface area contributed by atoms with E-state index in [2.05, 4.69) is 23.2 Å². The maximum absolute atomic E-state index is 13.6. The van der Waals surface area contributed by atoms with Gasteiger partial charge in [-0.2, -0.15) is 0 Å². The van der Waals surface area contributed by atoms with Crippen molar-refractivity contribution in [1.82, 2.24) is 9.88 Å². The molecule has 0 spiro atoms. The quantitative estimate of drug-likeness (QED) is 0.216. The van der Waals surface area contributed by atoms with Crippen LogP contribution in [0, 0.1) is 10.1 Å². The summed E-state index contributed by atoms with van der Waals surface area (Å²) >= 11 is 6.25. The number of amides is 1. The lowest BCUT2D eigenvalue weighted by Crippen LogP contribution is -2.39. The molecule has 1 N–H and O–H groups in total. The van der Waals surface area contributed by atoms with Gasteiger partial charge in [0.1, 0.15) is 5.75 Å². The van der Waals surface area contributed by atoms with Crippen LogP contribution < -0.4 is 4.74 Å². The molecule has 1 aromatic heterocycles. The van der Waals surface area contributed by atoms with Crippen LogP contribution in [-0.4, -0.2) is 33.9 Å². The maximum atomic E-state index is 13.6. The van der Waals surface area contributed by atoms with Gasteiger partial charge in [-0.1, -0.05) is 35.9 Å². The van der Waals surface area contributed by atoms with Crippen molar-refractivity contribution in [1.29, 1.82) is 0 Å². The van der Waals surface area contributed by atoms with Gasteiger partial charge in [-0.15, -0.1) is 0 Å². The van der Waals surface area contributed by atoms with E-state index in [0.717, 1.165) is 40.9 Å². The molecule has 0 saturated carbocycles. The van der Waals surface area contributed by atoms with Crippen molar-refractivity contribution < 1.29 is 14.5 Å². The van der Waals surface area contributed by atoms with Crippen LogP contribution in [0.5, 0.6) is 5.75 Å². The number of nitro benzene ring substituents is 1. The Morgan fingerprint density at radius 1 is 1.14 bits per heavy atom. The number of nitro groups is 1. The molecule has 1 unspecified atom stereocenters. The highest BCUT2D eigenvalue weighted by Gasteiger charge is 2.34. The lowest BCUT2D eigenvalue weighted by molar-refractivity contribution is -0.384. The molecule has 0 fully saturated rings. The number of fused-ring (bicyclic) bond motifs is 4. The number of carbonyl (C=O) groups excluding carboxylic acids is 1. The number of carbonyl (C=O) groups is 1. The second-order valence-corrected chi connectivity index (χ2v) is 9.42. The van der Waals surface area contributed by atoms with Crippen LogP contribution in [0.2, 0.25) is 5.02 Å². The summed E-state index contributed by atoms with van der Waals surface area (Å²) in [4.78, 5) is 29.7. The number of hydrogen-bond donors (Lipinski definition) is 1. The molecule has 4 aromatic rings. The molecule has 6 rings (SSSR count). The summed E-state index contributed by atoms with van der Waals surface area (Å²) in [7, 11) is 0. The number of nitrogens with one attached hydrogen (secondary N) is 1. The molecule has 1 amide bonds. The minimum absolute atomic E-state index is 0.0783. The van der Waals surface area contributed by atoms with Gasteiger partial charge < -0.3 is 14.6 Å². The van der Waals surface area contributed by atoms with E-state index in [-0.39, 0.29) is 17.6 Å². The van der Waals surface area contributed by atoms with Gasteiger partial charge in [-0.3, -0.25) is 14.9 Å². The molecule has 1 atom stereocenters. The Kier molecular flexibility index (Phi) is 5.49. The van der Waals surface area contributed by atoms with E-state index >= 15 is 0 Å². The summed E-state index contributed by atoms with van der Waals surface area (Å²) in [5, 5.41) is 12.7. The van der Waals surface area contributed by atoms with Gasteiger partial charge in [0, 0.05) is 58.4 Å². The van der Waals surface area contributed by atoms with E-state index in [1.54, 1.807) is 6.08 Å². The third-order valence-electron chi connectivity index (χ3n) is 6.94. The van der Waals surface area contributed by atoms with Crippen molar-refractivity contribution in [2.75, 3.05) is 13.2 Å². The Hall–Kier alpha value is -4.10. The fraction of sp³-hybridized carbons (Fsp3) is 0.179. The molecule has 0 saturated heterocycles. The van der Waals surface area contributed by atoms with Gasteiger partial charge in [0.05, 0.1) is 17.6 Å². The lowest BCUT2D eigenvalue weighted by Gasteiger charge is -2.36. The van der Waals surface area contributed by atoms with Crippen LogP contribution >= 0.6 is 11.6 Å². The van der Waals surface area contributed by atoms with Crippen LogP contribution in [0.15, 0.2) is 66.7 Å². The number of nitrogens with zero attached hydrogens (tertiary/aromatic N) is 2. The fourth-order valence-corrected chi connectivity index (χ4v) is 5.41. The number of para-hydroxylation sites is 1. The van der Waals surface area contributed by atoms with Crippen molar-refractivity contribution in [3.05, 3.63) is 110 Å². The average molecular weight is 500 g/mol. The molecule has 2 aliphatic heterocycles. The summed E-state index contributed by atoms with van der Waals surface area (Å²) in [6, 6.07) is 18.2. The number of ether oxygens (including phenoxy) is 1. The highest BCUT2D eigenvalue weighted by molar-refractivity contribution is 6.32. The molecular weight excluding hydrogens is 478 g/mol. The monoisotopic (exact) mass is 499 g/mol. The first-order chi connectivity index (χ1) is 17.5. The highest BCUT2D eigenvalue weighted by atomic mass is 35.5. The summed E-state index contributed by atoms with van der Waals surface area (Å²) in [5.74, 6) is 0.702. The highest BCUT2D eigenvalue weighted by Crippen LogP contribution is 2.40. The number of benzene rings is 3. The van der Waals surface area contributed by atoms with Gasteiger partial charge in [0.15, 0.2) is 0 Å². The Morgan fingerprint density at radius 3 is 2.86 bits per heavy atom. The lowest BCUT2D eigenvalue weighted by atomic mass is 9.91. The van der Waals surface area contributed by atoms with Crippen molar-refractivity contribution in [3.63, 3.8) is 0 Å². The fourth-order valence-electron chi connectivity index (χ4n) is 5.23. The zero-order valence-electron chi connectivity index (χ0n) is 19.2. The molecule has 0 radical (unpaired) electrons. The van der Waals surface area contributed by atoms with E-state index in [4.69, 9.17) is 16.3 Å². The number of rotatable bonds is 4. The first-order valence-electron chi connectivity index (χ1n) is 11.8. The standard InChI is InChI=1S/C28H22ClN3O4/c29-23-8-7-20(32(34)35)16-17(23)6-10-26(33)31-13-11-22-21-3-1-2-4-24(21)30-27(22)28(31)19-5-9-25-18(15-19)12-14-36-25/h1-10,15-16,28,30H,11-14H2. The topological polar surface area (TPSA) is 88.5 Å². The molecular formula is C28H22ClN3O4. The normalized spacial score (nSPS) is 16.7. The SMILES string of the molecule is O=C(C=Cc1cc([N+](=O)[O-])ccc1Cl)N1CCc2c([nH]c3ccccc23)C1c1ccc2c(c1)CCO2. The number of halogens is 1. The Bertz CT molecular complexity index is 1560. The maximum Gasteiger partial charge on any atom is 0.270 e. The third-order valence-corrected chi connectivity index (χ3v) is 7.29. The van der Waals surface area contributed by atoms with Gasteiger partial charge in [0.2, 0.25) is 5.91 Å². The Balaban J connectivity index is 1.41. The zero-order valence-corrected chi connectivity index (χ0v) is 20.0. The molecule has 36 heavy (non-hydrogen) atoms. The molecule has 0 bridgehead atoms. The van der Waals surface area contributed by atoms with Crippen molar-refractivity contribution in [2.45, 2.75) is 18.9 Å². The van der Waals surface area contributed by atoms with Gasteiger partial charge in [-0.05, 0) is 53.5 Å². The molecule has 7 nitrogen and oxygen atoms in total. The number of hydrogen-bond acceptors (Lipinski definition) is 4. The minimum Gasteiger partial charge on any atom is -0.493 e. The average Bonchev–Trinajstić information content (AvgIpc) is 3.51. The Morgan fingerprint density at radius 2 is 2.00 bits per heavy atom. The van der Waals surface area contributed by atoms with Crippen molar-refractivity contribution >= 4 is 40.2 Å². The molecule has 2 aliphatic rings. The van der Waals surface area contributed by atoms with Gasteiger partial charge in [-0.25, -0.2) is 0 Å². The van der Waals surface area contributed by atoms with E-state index in [0.29, 0.717) is 23.7 Å². The van der Waals surface area contributed by atoms with E-state index in [1.165, 1.54) is 35.2 Å². The smallest absolute Gasteiger partial charge is 0.270 e. The van der Waals surface area contributed by atoms with Crippen LogP contribution in [0.3, 0.4) is 0 Å². The van der Waals surface area contributed by atoms with E-state index in [1.807, 2.05) is 29.2 Å². The summed E-state index contributed by atoms with van der Waals surface area (Å²) < 4.78 is 5.70. The van der Waals surface area contributed by atoms with Crippen molar-refractivity contribution in [2.24, 2.45) is 0 Å². The number of H-pyrrole nitrogens is 1. The molecule has 180 valence electrons. The summed E-state index contributed by atoms with van der Waals surface area (Å²) in [6.07, 6.45) is 4.56. The van der Waals surface area contributed by atoms with Gasteiger partial charge >= 0.3 is 0 Å². The summed E-state index contributed by atoms with van der Waals surface area (Å²) in [5.41, 5.74) is 5.78. The number of non-ortho nitro benzene ring substituents is 1. The summed E-state index contributed by atoms with van der Waals surface area (Å²) in [6.45, 7) is 1.20. The number of aromatic nitrogens is 1. The van der Waals surface area contributed by atoms with Crippen LogP contribution in [0.25, 0.3) is 17.0 Å². The third kappa shape index (κ3) is 3.82. The zero-order chi connectivity index (χ0) is 24.8. The number of aromatic amines is 1. The Labute approximate surface area is 212 Å². The molecule has 3 aromatic carbocycles. The molecule has 3 heterocycles. The van der Waals surface area contributed by atoms with Gasteiger partial charge in [0.25, 0.3) is 5.69 Å². The van der Waals surface area contributed by atoms with Crippen molar-refractivity contribution in [3.8, 4) is 5.75 Å². The minimum atomic E-state index is -0.481. The largest absolute Gasteiger partial charge is 0.493 e. The van der Waals surface area contributed by atoms with E-state index in [9.17, 15) is 14.9 Å². The first-order valence-corrected chi connectivity index (χ1v) is 12.1. The second kappa shape index (κ2) is 8.84. The molecule has 0 aliphatic carbocycles. The predicted molar refractivity (Wildman–Crippen MR) is 138 cm³/mol. The van der Waals surface area contributed by atoms with Crippen LogP contribution in [0.1, 0.15) is 34.0 Å².